The van der Waals surface area contributed by atoms with Crippen molar-refractivity contribution in [2.45, 2.75) is 44.7 Å². The van der Waals surface area contributed by atoms with Crippen molar-refractivity contribution in [1.82, 2.24) is 4.90 Å². The van der Waals surface area contributed by atoms with Crippen molar-refractivity contribution in [3.63, 3.8) is 0 Å². The third-order valence-electron chi connectivity index (χ3n) is 5.09. The lowest BCUT2D eigenvalue weighted by atomic mass is 9.69. The molecule has 1 aliphatic carbocycles. The molecule has 2 aliphatic heterocycles. The average molecular weight is 251 g/mol. The van der Waals surface area contributed by atoms with Crippen LogP contribution in [-0.4, -0.2) is 48.3 Å². The van der Waals surface area contributed by atoms with E-state index < -0.39 is 0 Å². The molecule has 0 aromatic rings. The molecule has 102 valence electrons. The van der Waals surface area contributed by atoms with Gasteiger partial charge in [0.1, 0.15) is 0 Å². The number of fused-ring (bicyclic) bond motifs is 2. The first kappa shape index (κ1) is 12.5. The van der Waals surface area contributed by atoms with Crippen LogP contribution >= 0.6 is 0 Å². The Morgan fingerprint density at radius 1 is 1.22 bits per heavy atom. The molecule has 18 heavy (non-hydrogen) atoms. The lowest BCUT2D eigenvalue weighted by Gasteiger charge is -2.49. The van der Waals surface area contributed by atoms with Crippen LogP contribution in [0.15, 0.2) is 10.2 Å². The van der Waals surface area contributed by atoms with Gasteiger partial charge in [-0.3, -0.25) is 4.90 Å². The summed E-state index contributed by atoms with van der Waals surface area (Å²) in [6.07, 6.45) is 4.89. The van der Waals surface area contributed by atoms with E-state index in [9.17, 15) is 5.11 Å². The Morgan fingerprint density at radius 2 is 2.11 bits per heavy atom. The van der Waals surface area contributed by atoms with Crippen LogP contribution < -0.4 is 0 Å². The summed E-state index contributed by atoms with van der Waals surface area (Å²) in [5.74, 6) is 1.92. The maximum atomic E-state index is 9.49. The number of likely N-dealkylation sites (tertiary alicyclic amines) is 1. The summed E-state index contributed by atoms with van der Waals surface area (Å²) < 4.78 is 0. The molecule has 3 aliphatic rings. The molecule has 0 aromatic carbocycles. The van der Waals surface area contributed by atoms with Crippen molar-refractivity contribution in [3.05, 3.63) is 0 Å². The molecular weight excluding hydrogens is 226 g/mol. The summed E-state index contributed by atoms with van der Waals surface area (Å²) in [6.45, 7) is 5.83. The second-order valence-corrected chi connectivity index (χ2v) is 6.34. The van der Waals surface area contributed by atoms with E-state index in [1.807, 2.05) is 0 Å². The van der Waals surface area contributed by atoms with Crippen LogP contribution in [0.5, 0.6) is 0 Å². The molecule has 0 aromatic heterocycles. The van der Waals surface area contributed by atoms with Gasteiger partial charge in [-0.25, -0.2) is 0 Å². The number of hydrogen-bond acceptors (Lipinski definition) is 4. The van der Waals surface area contributed by atoms with E-state index in [-0.39, 0.29) is 0 Å². The second kappa shape index (κ2) is 5.25. The standard InChI is InChI=1S/C14H25N3O/c1-2-3-17-8-10(9-18)4-11-5-13-12(6-14(11)17)7-15-16-13/h10-14,18H,2-9H2,1H3/t10-,11+,12?,13?,14+/m1/s1. The third kappa shape index (κ3) is 2.21. The quantitative estimate of drug-likeness (QED) is 0.833. The van der Waals surface area contributed by atoms with Crippen LogP contribution in [0.1, 0.15) is 32.6 Å². The zero-order chi connectivity index (χ0) is 12.5. The summed E-state index contributed by atoms with van der Waals surface area (Å²) in [7, 11) is 0. The van der Waals surface area contributed by atoms with Gasteiger partial charge in [0.05, 0.1) is 12.6 Å². The minimum atomic E-state index is 0.346. The fraction of sp³-hybridized carbons (Fsp3) is 1.00. The van der Waals surface area contributed by atoms with Gasteiger partial charge in [-0.1, -0.05) is 6.92 Å². The molecule has 0 bridgehead atoms. The van der Waals surface area contributed by atoms with Crippen LogP contribution in [0, 0.1) is 17.8 Å². The normalized spacial score (nSPS) is 43.8. The summed E-state index contributed by atoms with van der Waals surface area (Å²) >= 11 is 0. The van der Waals surface area contributed by atoms with E-state index in [0.29, 0.717) is 24.5 Å². The van der Waals surface area contributed by atoms with Crippen molar-refractivity contribution >= 4 is 0 Å². The Kier molecular flexibility index (Phi) is 3.66. The van der Waals surface area contributed by atoms with Crippen molar-refractivity contribution in [2.24, 2.45) is 28.0 Å². The molecule has 4 heteroatoms. The molecule has 0 spiro atoms. The third-order valence-corrected chi connectivity index (χ3v) is 5.09. The van der Waals surface area contributed by atoms with Gasteiger partial charge in [-0.2, -0.15) is 10.2 Å². The second-order valence-electron chi connectivity index (χ2n) is 6.34. The lowest BCUT2D eigenvalue weighted by Crippen LogP contribution is -2.54. The number of piperidine rings is 1. The number of aliphatic hydroxyl groups excluding tert-OH is 1. The molecule has 1 N–H and O–H groups in total. The van der Waals surface area contributed by atoms with Gasteiger partial charge in [-0.05, 0) is 44.1 Å². The maximum absolute atomic E-state index is 9.49. The fourth-order valence-corrected chi connectivity index (χ4v) is 4.26. The first-order valence-electron chi connectivity index (χ1n) is 7.53. The van der Waals surface area contributed by atoms with Crippen molar-refractivity contribution < 1.29 is 5.11 Å². The highest BCUT2D eigenvalue weighted by Crippen LogP contribution is 2.42. The van der Waals surface area contributed by atoms with Crippen molar-refractivity contribution in [3.8, 4) is 0 Å². The summed E-state index contributed by atoms with van der Waals surface area (Å²) in [5, 5.41) is 18.2. The molecule has 0 radical (unpaired) electrons. The van der Waals surface area contributed by atoms with E-state index in [0.717, 1.165) is 25.0 Å². The van der Waals surface area contributed by atoms with Gasteiger partial charge in [0.25, 0.3) is 0 Å². The number of aliphatic hydroxyl groups is 1. The molecule has 4 nitrogen and oxygen atoms in total. The van der Waals surface area contributed by atoms with Gasteiger partial charge in [-0.15, -0.1) is 0 Å². The average Bonchev–Trinajstić information content (AvgIpc) is 2.83. The molecule has 1 saturated heterocycles. The van der Waals surface area contributed by atoms with E-state index in [1.165, 1.54) is 32.2 Å². The van der Waals surface area contributed by atoms with Crippen LogP contribution in [-0.2, 0) is 0 Å². The molecule has 0 amide bonds. The fourth-order valence-electron chi connectivity index (χ4n) is 4.26. The minimum Gasteiger partial charge on any atom is -0.396 e. The highest BCUT2D eigenvalue weighted by atomic mass is 16.3. The monoisotopic (exact) mass is 251 g/mol. The predicted molar refractivity (Wildman–Crippen MR) is 70.6 cm³/mol. The largest absolute Gasteiger partial charge is 0.396 e. The zero-order valence-electron chi connectivity index (χ0n) is 11.3. The highest BCUT2D eigenvalue weighted by Gasteiger charge is 2.44. The number of nitrogens with zero attached hydrogens (tertiary/aromatic N) is 3. The zero-order valence-corrected chi connectivity index (χ0v) is 11.3. The SMILES string of the molecule is CCCN1C[C@H](CO)C[C@H]2CC3N=NCC3C[C@@H]21. The molecular formula is C14H25N3O. The maximum Gasteiger partial charge on any atom is 0.0758 e. The number of rotatable bonds is 3. The van der Waals surface area contributed by atoms with E-state index in [2.05, 4.69) is 22.1 Å². The van der Waals surface area contributed by atoms with Crippen LogP contribution in [0.4, 0.5) is 0 Å². The molecule has 3 rings (SSSR count). The molecule has 5 atom stereocenters. The van der Waals surface area contributed by atoms with Crippen molar-refractivity contribution in [2.75, 3.05) is 26.2 Å². The summed E-state index contributed by atoms with van der Waals surface area (Å²) in [5.41, 5.74) is 0. The Morgan fingerprint density at radius 3 is 2.89 bits per heavy atom. The molecule has 2 fully saturated rings. The Bertz CT molecular complexity index is 320. The highest BCUT2D eigenvalue weighted by molar-refractivity contribution is 4.99. The first-order chi connectivity index (χ1) is 8.81. The van der Waals surface area contributed by atoms with Gasteiger partial charge in [0.15, 0.2) is 0 Å². The molecule has 2 unspecified atom stereocenters. The van der Waals surface area contributed by atoms with E-state index in [1.54, 1.807) is 0 Å². The van der Waals surface area contributed by atoms with Gasteiger partial charge < -0.3 is 5.11 Å². The molecule has 1 saturated carbocycles. The summed E-state index contributed by atoms with van der Waals surface area (Å²) in [4.78, 5) is 2.64. The van der Waals surface area contributed by atoms with Crippen LogP contribution in [0.3, 0.4) is 0 Å². The number of azo groups is 1. The summed E-state index contributed by atoms with van der Waals surface area (Å²) in [6, 6.07) is 1.23. The minimum absolute atomic E-state index is 0.346. The Hall–Kier alpha value is -0.480. The Balaban J connectivity index is 1.73. The van der Waals surface area contributed by atoms with Gasteiger partial charge >= 0.3 is 0 Å². The predicted octanol–water partition coefficient (Wildman–Crippen LogP) is 1.94. The van der Waals surface area contributed by atoms with Crippen LogP contribution in [0.25, 0.3) is 0 Å². The lowest BCUT2D eigenvalue weighted by molar-refractivity contribution is -0.00461. The van der Waals surface area contributed by atoms with E-state index in [4.69, 9.17) is 0 Å². The first-order valence-corrected chi connectivity index (χ1v) is 7.53. The Labute approximate surface area is 109 Å². The molecule has 2 heterocycles. The van der Waals surface area contributed by atoms with Gasteiger partial charge in [0, 0.05) is 25.1 Å². The number of hydrogen-bond donors (Lipinski definition) is 1. The van der Waals surface area contributed by atoms with Gasteiger partial charge in [0.2, 0.25) is 0 Å². The van der Waals surface area contributed by atoms with E-state index >= 15 is 0 Å². The smallest absolute Gasteiger partial charge is 0.0758 e. The van der Waals surface area contributed by atoms with Crippen molar-refractivity contribution in [1.29, 1.82) is 0 Å². The topological polar surface area (TPSA) is 48.2 Å². The van der Waals surface area contributed by atoms with Crippen LogP contribution in [0.2, 0.25) is 0 Å².